The third-order valence-electron chi connectivity index (χ3n) is 19.7. The fourth-order valence-electron chi connectivity index (χ4n) is 13.7. The molecule has 4 fully saturated rings. The Labute approximate surface area is 610 Å². The number of imidazole rings is 4. The highest BCUT2D eigenvalue weighted by Gasteiger charge is 2.40. The Morgan fingerprint density at radius 1 is 0.490 bits per heavy atom. The molecule has 26 nitrogen and oxygen atoms in total. The van der Waals surface area contributed by atoms with Gasteiger partial charge in [0.2, 0.25) is 11.8 Å². The lowest BCUT2D eigenvalue weighted by Crippen LogP contribution is -2.51. The Kier molecular flexibility index (Phi) is 23.4. The predicted octanol–water partition coefficient (Wildman–Crippen LogP) is 13.3. The lowest BCUT2D eigenvalue weighted by molar-refractivity contribution is -0.151. The number of nitrogens with one attached hydrogen (secondary N) is 8. The van der Waals surface area contributed by atoms with E-state index in [-0.39, 0.29) is 48.1 Å². The number of likely N-dealkylation sites (tertiary alicyclic amines) is 2. The van der Waals surface area contributed by atoms with E-state index in [4.69, 9.17) is 29.5 Å². The fourth-order valence-corrected chi connectivity index (χ4v) is 15.8. The number of rotatable bonds is 20. The van der Waals surface area contributed by atoms with Crippen molar-refractivity contribution in [3.63, 3.8) is 0 Å². The average Bonchev–Trinajstić information content (AvgIpc) is 1.65. The molecule has 2 unspecified atom stereocenters. The van der Waals surface area contributed by atoms with Gasteiger partial charge in [-0.2, -0.15) is 0 Å². The largest absolute Gasteiger partial charge is 0.481 e. The van der Waals surface area contributed by atoms with E-state index in [0.29, 0.717) is 36.8 Å². The summed E-state index contributed by atoms with van der Waals surface area (Å²) in [5, 5.41) is 23.0. The van der Waals surface area contributed by atoms with Crippen molar-refractivity contribution in [2.75, 3.05) is 47.5 Å². The number of thiazole rings is 2. The van der Waals surface area contributed by atoms with E-state index < -0.39 is 42.1 Å². The Morgan fingerprint density at radius 2 is 0.865 bits per heavy atom. The van der Waals surface area contributed by atoms with Gasteiger partial charge < -0.3 is 70.3 Å². The van der Waals surface area contributed by atoms with Crippen molar-refractivity contribution in [1.29, 1.82) is 0 Å². The summed E-state index contributed by atoms with van der Waals surface area (Å²) < 4.78 is 16.1. The van der Waals surface area contributed by atoms with E-state index in [2.05, 4.69) is 109 Å². The third kappa shape index (κ3) is 16.9. The Morgan fingerprint density at radius 3 is 1.22 bits per heavy atom. The minimum Gasteiger partial charge on any atom is -0.481 e. The second kappa shape index (κ2) is 33.1. The Balaban J connectivity index is 0.000000182. The maximum absolute atomic E-state index is 13.6. The predicted molar refractivity (Wildman–Crippen MR) is 399 cm³/mol. The molecule has 0 bridgehead atoms. The minimum atomic E-state index is -0.949. The van der Waals surface area contributed by atoms with Crippen LogP contribution in [0.2, 0.25) is 0 Å². The summed E-state index contributed by atoms with van der Waals surface area (Å²) >= 11 is 3.34. The van der Waals surface area contributed by atoms with Crippen molar-refractivity contribution in [2.45, 2.75) is 136 Å². The molecule has 14 rings (SSSR count). The summed E-state index contributed by atoms with van der Waals surface area (Å²) in [5.41, 5.74) is 12.1. The molecule has 28 heteroatoms. The highest BCUT2D eigenvalue weighted by molar-refractivity contribution is 7.22. The molecule has 546 valence electrons. The van der Waals surface area contributed by atoms with E-state index in [9.17, 15) is 28.8 Å². The van der Waals surface area contributed by atoms with Gasteiger partial charge >= 0.3 is 24.1 Å². The molecule has 4 amide bonds. The molecule has 9 N–H and O–H groups in total. The number of carbonyl (C=O) groups excluding carboxylic acids is 5. The zero-order valence-corrected chi connectivity index (χ0v) is 61.5. The van der Waals surface area contributed by atoms with Gasteiger partial charge in [0.15, 0.2) is 0 Å². The standard InChI is InChI=1S/C41H49N9O6S.C27H27N7S.C8H14O4/c1-22(2)33(47-40(53)55-5)38(51)49-17-7-9-30(49)35-42-20-28(44-35)24-11-13-25(14-12-24)37-46-27-16-15-26(19-32(27)57-37)29-21-43-36(45-29)31-10-8-18-50(31)39(52)34(23(3)4)48-41(54)56-6;1-3-20(28-11-1)25-30-14-22(32-25)16-5-7-17(8-6-16)27-34-19-10-9-18(13-24(19)35-27)23-15-31-26(33-23)21-4-2-12-29-21;1-5(2)6(8(10)11)4-7(9)12-3/h11-16,19-23,30-31,33-34H,7-10,17-18H2,1-6H3,(H,42,44)(H,43,45)(H,47,53)(H,48,54);5-10,13-15,20-21,28-29H,1-4,11-12H2,(H,30,32)(H,31,33);5-6H,4H2,1-3H3,(H,10,11)/t30?,31-,33-,34-;20?,21-;6-/m000/s1. The number of benzene rings is 4. The number of carboxylic acid groups (broad SMARTS) is 1. The number of aromatic nitrogens is 10. The van der Waals surface area contributed by atoms with Gasteiger partial charge in [0, 0.05) is 35.3 Å². The van der Waals surface area contributed by atoms with Crippen LogP contribution in [0, 0.1) is 23.7 Å². The third-order valence-corrected chi connectivity index (χ3v) is 21.8. The molecule has 4 aliphatic rings. The number of amides is 4. The first-order valence-electron chi connectivity index (χ1n) is 35.5. The molecule has 0 aliphatic carbocycles. The number of H-pyrrole nitrogens is 4. The van der Waals surface area contributed by atoms with Crippen LogP contribution in [0.25, 0.3) is 86.6 Å². The number of alkyl carbamates (subject to hydrolysis) is 2. The van der Waals surface area contributed by atoms with Crippen LogP contribution >= 0.6 is 22.7 Å². The molecule has 4 aromatic carbocycles. The molecule has 0 radical (unpaired) electrons. The van der Waals surface area contributed by atoms with E-state index in [1.54, 1.807) is 58.7 Å². The van der Waals surface area contributed by atoms with Gasteiger partial charge in [0.1, 0.15) is 45.4 Å². The number of fused-ring (bicyclic) bond motifs is 2. The molecule has 7 atom stereocenters. The van der Waals surface area contributed by atoms with Crippen molar-refractivity contribution < 1.29 is 48.1 Å². The van der Waals surface area contributed by atoms with Crippen molar-refractivity contribution in [3.8, 4) is 66.2 Å². The summed E-state index contributed by atoms with van der Waals surface area (Å²) in [6, 6.07) is 28.2. The number of ether oxygens (including phenoxy) is 3. The number of hydrogen-bond donors (Lipinski definition) is 9. The Bertz CT molecular complexity index is 4640. The maximum atomic E-state index is 13.6. The molecule has 10 heterocycles. The van der Waals surface area contributed by atoms with Crippen molar-refractivity contribution in [3.05, 3.63) is 133 Å². The lowest BCUT2D eigenvalue weighted by atomic mass is 9.93. The van der Waals surface area contributed by atoms with Crippen LogP contribution in [0.3, 0.4) is 0 Å². The SMILES string of the molecule is COC(=O)C[C@H](C(=O)O)C(C)C.COC(=O)N[C@H](C(=O)N1CCCC1c1ncc(-c2ccc(-c3nc4ccc(-c5cnc([C@@H]6CCCN6C(=O)[C@@H](NC(=O)OC)C(C)C)[nH]5)cc4s3)cc2)[nH]1)C(C)C.c1cc(-c2nc3ccc(-c4cnc([C@@H]5CCCN5)[nH]4)cc3s2)ccc1-c1cnc(C2CCCN2)[nH]1. The highest BCUT2D eigenvalue weighted by atomic mass is 32.1. The van der Waals surface area contributed by atoms with Gasteiger partial charge in [0.25, 0.3) is 0 Å². The van der Waals surface area contributed by atoms with E-state index in [1.165, 1.54) is 38.9 Å². The fraction of sp³-hybridized carbons (Fsp3) is 0.421. The highest BCUT2D eigenvalue weighted by Crippen LogP contribution is 2.39. The summed E-state index contributed by atoms with van der Waals surface area (Å²) in [7, 11) is 3.83. The van der Waals surface area contributed by atoms with Gasteiger partial charge in [-0.1, -0.05) is 102 Å². The monoisotopic (exact) mass is 1450 g/mol. The molecule has 6 aromatic heterocycles. The second-order valence-electron chi connectivity index (χ2n) is 27.6. The van der Waals surface area contributed by atoms with Crippen LogP contribution in [0.4, 0.5) is 9.59 Å². The van der Waals surface area contributed by atoms with E-state index >= 15 is 0 Å². The molecule has 10 aromatic rings. The molecular weight excluding hydrogens is 1360 g/mol. The maximum Gasteiger partial charge on any atom is 0.407 e. The molecular formula is C76H90N16O10S2. The van der Waals surface area contributed by atoms with E-state index in [1.807, 2.05) is 76.5 Å². The lowest BCUT2D eigenvalue weighted by Gasteiger charge is -2.30. The number of aromatic amines is 4. The summed E-state index contributed by atoms with van der Waals surface area (Å²) in [6.07, 6.45) is 14.1. The summed E-state index contributed by atoms with van der Waals surface area (Å²) in [4.78, 5) is 118. The summed E-state index contributed by atoms with van der Waals surface area (Å²) in [6.45, 7) is 14.4. The van der Waals surface area contributed by atoms with Crippen LogP contribution in [0.5, 0.6) is 0 Å². The second-order valence-corrected chi connectivity index (χ2v) is 29.7. The topological polar surface area (TPSA) is 345 Å². The molecule has 0 spiro atoms. The van der Waals surface area contributed by atoms with Crippen molar-refractivity contribution >= 4 is 79.0 Å². The van der Waals surface area contributed by atoms with Crippen LogP contribution in [-0.2, 0) is 33.4 Å². The van der Waals surface area contributed by atoms with Crippen LogP contribution < -0.4 is 21.3 Å². The first-order valence-corrected chi connectivity index (χ1v) is 37.2. The molecule has 4 saturated heterocycles. The summed E-state index contributed by atoms with van der Waals surface area (Å²) in [5.74, 6) is 0.871. The molecule has 4 aliphatic heterocycles. The zero-order valence-electron chi connectivity index (χ0n) is 59.9. The van der Waals surface area contributed by atoms with E-state index in [0.717, 1.165) is 145 Å². The normalized spacial score (nSPS) is 18.1. The van der Waals surface area contributed by atoms with Gasteiger partial charge in [-0.25, -0.2) is 39.5 Å². The van der Waals surface area contributed by atoms with Crippen LogP contribution in [0.15, 0.2) is 110 Å². The smallest absolute Gasteiger partial charge is 0.407 e. The first kappa shape index (κ1) is 73.6. The zero-order chi connectivity index (χ0) is 73.3. The number of aliphatic carboxylic acids is 1. The Hall–Kier alpha value is -10.2. The van der Waals surface area contributed by atoms with Crippen LogP contribution in [0.1, 0.15) is 147 Å². The first-order chi connectivity index (χ1) is 50.2. The molecule has 0 saturated carbocycles. The van der Waals surface area contributed by atoms with Gasteiger partial charge in [0.05, 0.1) is 126 Å². The number of carboxylic acids is 1. The van der Waals surface area contributed by atoms with Gasteiger partial charge in [-0.15, -0.1) is 22.7 Å². The average molecular weight is 1450 g/mol. The quantitative estimate of drug-likeness (QED) is 0.0253. The van der Waals surface area contributed by atoms with Gasteiger partial charge in [-0.3, -0.25) is 19.2 Å². The number of nitrogens with zero attached hydrogens (tertiary/aromatic N) is 8. The number of methoxy groups -OCH3 is 3. The van der Waals surface area contributed by atoms with Crippen LogP contribution in [-0.4, -0.2) is 160 Å². The number of carbonyl (C=O) groups is 6. The molecule has 104 heavy (non-hydrogen) atoms. The van der Waals surface area contributed by atoms with Crippen molar-refractivity contribution in [2.24, 2.45) is 23.7 Å². The minimum absolute atomic E-state index is 0.0521. The number of esters is 1. The van der Waals surface area contributed by atoms with Gasteiger partial charge in [-0.05, 0) is 118 Å². The van der Waals surface area contributed by atoms with Crippen molar-refractivity contribution in [1.82, 2.24) is 80.9 Å². The number of hydrogen-bond acceptors (Lipinski definition) is 19.